The molecule has 2 aromatic carbocycles. The van der Waals surface area contributed by atoms with Crippen LogP contribution in [0.4, 0.5) is 0 Å². The molecule has 26 heavy (non-hydrogen) atoms. The van der Waals surface area contributed by atoms with Crippen molar-refractivity contribution in [3.05, 3.63) is 58.7 Å². The van der Waals surface area contributed by atoms with Crippen LogP contribution in [0.25, 0.3) is 0 Å². The summed E-state index contributed by atoms with van der Waals surface area (Å²) in [7, 11) is 0. The summed E-state index contributed by atoms with van der Waals surface area (Å²) in [5.74, 6) is 1.46. The van der Waals surface area contributed by atoms with Crippen molar-refractivity contribution in [2.75, 3.05) is 13.2 Å². The minimum atomic E-state index is -0.502. The molecule has 0 unspecified atom stereocenters. The van der Waals surface area contributed by atoms with Gasteiger partial charge in [-0.1, -0.05) is 30.7 Å². The van der Waals surface area contributed by atoms with E-state index >= 15 is 0 Å². The number of hydrogen-bond donors (Lipinski definition) is 1. The van der Waals surface area contributed by atoms with Gasteiger partial charge in [-0.15, -0.1) is 0 Å². The average molecular weight is 355 g/mol. The molecule has 0 radical (unpaired) electrons. The number of ether oxygens (including phenoxy) is 2. The van der Waals surface area contributed by atoms with E-state index in [0.29, 0.717) is 19.6 Å². The lowest BCUT2D eigenvalue weighted by Gasteiger charge is -2.18. The van der Waals surface area contributed by atoms with E-state index in [2.05, 4.69) is 25.2 Å². The van der Waals surface area contributed by atoms with Crippen molar-refractivity contribution in [1.82, 2.24) is 5.32 Å². The Kier molecular flexibility index (Phi) is 7.07. The summed E-state index contributed by atoms with van der Waals surface area (Å²) in [6.07, 6.45) is 0.106. The van der Waals surface area contributed by atoms with Crippen molar-refractivity contribution in [3.63, 3.8) is 0 Å². The van der Waals surface area contributed by atoms with Gasteiger partial charge in [-0.05, 0) is 69.0 Å². The van der Waals surface area contributed by atoms with E-state index in [1.165, 1.54) is 11.1 Å². The van der Waals surface area contributed by atoms with Crippen LogP contribution >= 0.6 is 0 Å². The summed E-state index contributed by atoms with van der Waals surface area (Å²) in [4.78, 5) is 12.4. The summed E-state index contributed by atoms with van der Waals surface area (Å²) >= 11 is 0. The van der Waals surface area contributed by atoms with Crippen molar-refractivity contribution in [1.29, 1.82) is 0 Å². The first kappa shape index (κ1) is 19.8. The molecule has 0 heterocycles. The van der Waals surface area contributed by atoms with Gasteiger partial charge in [0.15, 0.2) is 6.10 Å². The Morgan fingerprint density at radius 3 is 2.42 bits per heavy atom. The summed E-state index contributed by atoms with van der Waals surface area (Å²) in [5, 5.41) is 2.89. The molecule has 2 aromatic rings. The lowest BCUT2D eigenvalue weighted by Crippen LogP contribution is -2.39. The largest absolute Gasteiger partial charge is 0.491 e. The molecule has 2 rings (SSSR count). The van der Waals surface area contributed by atoms with Crippen molar-refractivity contribution in [2.24, 2.45) is 0 Å². The summed E-state index contributed by atoms with van der Waals surface area (Å²) in [6, 6.07) is 11.9. The second-order valence-corrected chi connectivity index (χ2v) is 6.67. The van der Waals surface area contributed by atoms with Crippen LogP contribution in [0.5, 0.6) is 11.5 Å². The number of aryl methyl sites for hydroxylation is 4. The SMILES string of the molecule is CC[C@@H](Oc1ccc(C)c(C)c1)C(=O)NCCOc1ccc(C)cc1C. The first-order chi connectivity index (χ1) is 12.4. The van der Waals surface area contributed by atoms with E-state index in [0.717, 1.165) is 22.6 Å². The van der Waals surface area contributed by atoms with Gasteiger partial charge in [-0.3, -0.25) is 4.79 Å². The van der Waals surface area contributed by atoms with Gasteiger partial charge in [0.1, 0.15) is 18.1 Å². The zero-order valence-corrected chi connectivity index (χ0v) is 16.4. The Hall–Kier alpha value is -2.49. The minimum Gasteiger partial charge on any atom is -0.491 e. The minimum absolute atomic E-state index is 0.116. The summed E-state index contributed by atoms with van der Waals surface area (Å²) in [6.45, 7) is 11.0. The van der Waals surface area contributed by atoms with Crippen LogP contribution < -0.4 is 14.8 Å². The normalized spacial score (nSPS) is 11.7. The van der Waals surface area contributed by atoms with Crippen molar-refractivity contribution in [3.8, 4) is 11.5 Å². The monoisotopic (exact) mass is 355 g/mol. The van der Waals surface area contributed by atoms with E-state index in [-0.39, 0.29) is 5.91 Å². The Labute approximate surface area is 156 Å². The third-order valence-electron chi connectivity index (χ3n) is 4.41. The smallest absolute Gasteiger partial charge is 0.261 e. The Bertz CT molecular complexity index is 755. The number of benzene rings is 2. The van der Waals surface area contributed by atoms with Crippen LogP contribution in [-0.4, -0.2) is 25.2 Å². The molecule has 0 aliphatic carbocycles. The maximum absolute atomic E-state index is 12.4. The molecule has 0 saturated carbocycles. The highest BCUT2D eigenvalue weighted by Crippen LogP contribution is 2.19. The molecule has 140 valence electrons. The second kappa shape index (κ2) is 9.27. The van der Waals surface area contributed by atoms with Crippen LogP contribution in [0.2, 0.25) is 0 Å². The van der Waals surface area contributed by atoms with Gasteiger partial charge in [0.2, 0.25) is 0 Å². The van der Waals surface area contributed by atoms with Gasteiger partial charge in [0.25, 0.3) is 5.91 Å². The van der Waals surface area contributed by atoms with E-state index in [9.17, 15) is 4.79 Å². The third-order valence-corrected chi connectivity index (χ3v) is 4.41. The number of amides is 1. The molecular formula is C22H29NO3. The summed E-state index contributed by atoms with van der Waals surface area (Å²) in [5.41, 5.74) is 4.66. The fourth-order valence-corrected chi connectivity index (χ4v) is 2.68. The molecule has 0 saturated heterocycles. The van der Waals surface area contributed by atoms with Gasteiger partial charge in [-0.25, -0.2) is 0 Å². The molecule has 0 aliphatic rings. The lowest BCUT2D eigenvalue weighted by atomic mass is 10.1. The molecule has 1 atom stereocenters. The molecule has 0 bridgehead atoms. The van der Waals surface area contributed by atoms with Crippen LogP contribution in [0.1, 0.15) is 35.6 Å². The second-order valence-electron chi connectivity index (χ2n) is 6.67. The fraction of sp³-hybridized carbons (Fsp3) is 0.409. The molecule has 1 N–H and O–H groups in total. The van der Waals surface area contributed by atoms with Crippen molar-refractivity contribution >= 4 is 5.91 Å². The Balaban J connectivity index is 1.82. The van der Waals surface area contributed by atoms with E-state index in [1.54, 1.807) is 0 Å². The van der Waals surface area contributed by atoms with Gasteiger partial charge in [0, 0.05) is 0 Å². The van der Waals surface area contributed by atoms with E-state index < -0.39 is 6.10 Å². The zero-order chi connectivity index (χ0) is 19.1. The lowest BCUT2D eigenvalue weighted by molar-refractivity contribution is -0.128. The third kappa shape index (κ3) is 5.51. The van der Waals surface area contributed by atoms with Gasteiger partial charge in [0.05, 0.1) is 6.54 Å². The number of rotatable bonds is 8. The number of nitrogens with one attached hydrogen (secondary N) is 1. The van der Waals surface area contributed by atoms with Gasteiger partial charge in [-0.2, -0.15) is 0 Å². The first-order valence-electron chi connectivity index (χ1n) is 9.12. The Morgan fingerprint density at radius 2 is 1.77 bits per heavy atom. The highest BCUT2D eigenvalue weighted by Gasteiger charge is 2.18. The molecular weight excluding hydrogens is 326 g/mol. The topological polar surface area (TPSA) is 47.6 Å². The van der Waals surface area contributed by atoms with Crippen LogP contribution in [0.15, 0.2) is 36.4 Å². The van der Waals surface area contributed by atoms with Gasteiger partial charge < -0.3 is 14.8 Å². The fourth-order valence-electron chi connectivity index (χ4n) is 2.68. The van der Waals surface area contributed by atoms with Gasteiger partial charge >= 0.3 is 0 Å². The number of carbonyl (C=O) groups is 1. The molecule has 1 amide bonds. The van der Waals surface area contributed by atoms with Crippen LogP contribution in [0, 0.1) is 27.7 Å². The Morgan fingerprint density at radius 1 is 1.00 bits per heavy atom. The molecule has 0 aromatic heterocycles. The highest BCUT2D eigenvalue weighted by atomic mass is 16.5. The maximum Gasteiger partial charge on any atom is 0.261 e. The van der Waals surface area contributed by atoms with Crippen molar-refractivity contribution < 1.29 is 14.3 Å². The standard InChI is InChI=1S/C22H29NO3/c1-6-20(26-19-9-8-16(3)17(4)14-19)22(24)23-11-12-25-21-10-7-15(2)13-18(21)5/h7-10,13-14,20H,6,11-12H2,1-5H3,(H,23,24)/t20-/m1/s1. The predicted octanol–water partition coefficient (Wildman–Crippen LogP) is 4.27. The molecule has 0 aliphatic heterocycles. The quantitative estimate of drug-likeness (QED) is 0.719. The molecule has 0 fully saturated rings. The highest BCUT2D eigenvalue weighted by molar-refractivity contribution is 5.81. The number of carbonyl (C=O) groups excluding carboxylic acids is 1. The first-order valence-corrected chi connectivity index (χ1v) is 9.12. The molecule has 4 nitrogen and oxygen atoms in total. The van der Waals surface area contributed by atoms with Crippen LogP contribution in [-0.2, 0) is 4.79 Å². The summed E-state index contributed by atoms with van der Waals surface area (Å²) < 4.78 is 11.6. The predicted molar refractivity (Wildman–Crippen MR) is 105 cm³/mol. The zero-order valence-electron chi connectivity index (χ0n) is 16.4. The van der Waals surface area contributed by atoms with E-state index in [4.69, 9.17) is 9.47 Å². The number of hydrogen-bond acceptors (Lipinski definition) is 3. The average Bonchev–Trinajstić information content (AvgIpc) is 2.60. The van der Waals surface area contributed by atoms with E-state index in [1.807, 2.05) is 51.1 Å². The van der Waals surface area contributed by atoms with Crippen LogP contribution in [0.3, 0.4) is 0 Å². The molecule has 4 heteroatoms. The maximum atomic E-state index is 12.4. The molecule has 0 spiro atoms. The van der Waals surface area contributed by atoms with Crippen molar-refractivity contribution in [2.45, 2.75) is 47.1 Å².